The van der Waals surface area contributed by atoms with E-state index in [1.165, 1.54) is 0 Å². The number of benzene rings is 1. The van der Waals surface area contributed by atoms with Gasteiger partial charge in [-0.1, -0.05) is 0 Å². The SMILES string of the molecule is COCCN1CCC(NC(=O)c2ccc3[nH]ncc3c2)CC1. The molecule has 1 aromatic carbocycles. The molecule has 1 amide bonds. The lowest BCUT2D eigenvalue weighted by atomic mass is 10.0. The second-order valence-corrected chi connectivity index (χ2v) is 5.75. The lowest BCUT2D eigenvalue weighted by Gasteiger charge is -2.32. The van der Waals surface area contributed by atoms with Gasteiger partial charge in [0.25, 0.3) is 5.91 Å². The first kappa shape index (κ1) is 15.0. The number of carbonyl (C=O) groups is 1. The molecule has 1 aliphatic heterocycles. The zero-order chi connectivity index (χ0) is 15.4. The maximum absolute atomic E-state index is 12.4. The minimum Gasteiger partial charge on any atom is -0.383 e. The number of aromatic amines is 1. The molecular weight excluding hydrogens is 280 g/mol. The Morgan fingerprint density at radius 2 is 2.27 bits per heavy atom. The van der Waals surface area contributed by atoms with Crippen LogP contribution in [-0.2, 0) is 4.74 Å². The number of likely N-dealkylation sites (tertiary alicyclic amines) is 1. The highest BCUT2D eigenvalue weighted by molar-refractivity contribution is 5.97. The van der Waals surface area contributed by atoms with E-state index in [0.29, 0.717) is 5.56 Å². The summed E-state index contributed by atoms with van der Waals surface area (Å²) in [5, 5.41) is 11.0. The highest BCUT2D eigenvalue weighted by atomic mass is 16.5. The third kappa shape index (κ3) is 3.45. The number of nitrogens with zero attached hydrogens (tertiary/aromatic N) is 2. The van der Waals surface area contributed by atoms with Crippen LogP contribution in [0.2, 0.25) is 0 Å². The normalized spacial score (nSPS) is 17.0. The molecule has 1 saturated heterocycles. The van der Waals surface area contributed by atoms with Gasteiger partial charge in [0.1, 0.15) is 0 Å². The van der Waals surface area contributed by atoms with Crippen molar-refractivity contribution in [1.29, 1.82) is 0 Å². The van der Waals surface area contributed by atoms with Gasteiger partial charge in [0.15, 0.2) is 0 Å². The summed E-state index contributed by atoms with van der Waals surface area (Å²) >= 11 is 0. The molecule has 1 fully saturated rings. The highest BCUT2D eigenvalue weighted by Gasteiger charge is 2.21. The summed E-state index contributed by atoms with van der Waals surface area (Å²) in [5.41, 5.74) is 1.64. The summed E-state index contributed by atoms with van der Waals surface area (Å²) in [6.07, 6.45) is 3.72. The molecule has 6 nitrogen and oxygen atoms in total. The molecule has 118 valence electrons. The van der Waals surface area contributed by atoms with Crippen molar-refractivity contribution >= 4 is 16.8 Å². The van der Waals surface area contributed by atoms with Crippen molar-refractivity contribution in [2.24, 2.45) is 0 Å². The Balaban J connectivity index is 1.54. The number of fused-ring (bicyclic) bond motifs is 1. The van der Waals surface area contributed by atoms with Crippen LogP contribution in [0.1, 0.15) is 23.2 Å². The van der Waals surface area contributed by atoms with Crippen LogP contribution in [0, 0.1) is 0 Å². The zero-order valence-electron chi connectivity index (χ0n) is 12.8. The van der Waals surface area contributed by atoms with Crippen LogP contribution in [0.15, 0.2) is 24.4 Å². The topological polar surface area (TPSA) is 70.2 Å². The van der Waals surface area contributed by atoms with Crippen LogP contribution < -0.4 is 5.32 Å². The van der Waals surface area contributed by atoms with Gasteiger partial charge in [-0.15, -0.1) is 0 Å². The van der Waals surface area contributed by atoms with Gasteiger partial charge in [-0.05, 0) is 31.0 Å². The summed E-state index contributed by atoms with van der Waals surface area (Å²) in [5.74, 6) is -0.00144. The average molecular weight is 302 g/mol. The molecule has 2 aromatic rings. The van der Waals surface area contributed by atoms with Gasteiger partial charge in [0.05, 0.1) is 18.3 Å². The Labute approximate surface area is 129 Å². The molecule has 6 heteroatoms. The fourth-order valence-electron chi connectivity index (χ4n) is 2.87. The monoisotopic (exact) mass is 302 g/mol. The Morgan fingerprint density at radius 3 is 3.05 bits per heavy atom. The summed E-state index contributed by atoms with van der Waals surface area (Å²) in [6.45, 7) is 3.75. The number of ether oxygens (including phenoxy) is 1. The molecule has 0 radical (unpaired) electrons. The number of nitrogens with one attached hydrogen (secondary N) is 2. The molecule has 0 unspecified atom stereocenters. The fraction of sp³-hybridized carbons (Fsp3) is 0.500. The fourth-order valence-corrected chi connectivity index (χ4v) is 2.87. The van der Waals surface area contributed by atoms with Crippen molar-refractivity contribution < 1.29 is 9.53 Å². The van der Waals surface area contributed by atoms with E-state index >= 15 is 0 Å². The maximum Gasteiger partial charge on any atom is 0.251 e. The van der Waals surface area contributed by atoms with Crippen molar-refractivity contribution in [3.63, 3.8) is 0 Å². The second kappa shape index (κ2) is 6.89. The highest BCUT2D eigenvalue weighted by Crippen LogP contribution is 2.15. The van der Waals surface area contributed by atoms with Crippen molar-refractivity contribution in [2.45, 2.75) is 18.9 Å². The molecule has 0 atom stereocenters. The number of carbonyl (C=O) groups excluding carboxylic acids is 1. The van der Waals surface area contributed by atoms with Gasteiger partial charge in [0, 0.05) is 43.7 Å². The van der Waals surface area contributed by atoms with E-state index in [1.54, 1.807) is 13.3 Å². The molecule has 1 aliphatic rings. The molecule has 2 heterocycles. The molecule has 1 aromatic heterocycles. The number of aromatic nitrogens is 2. The van der Waals surface area contributed by atoms with E-state index in [1.807, 2.05) is 18.2 Å². The summed E-state index contributed by atoms with van der Waals surface area (Å²) < 4.78 is 5.10. The summed E-state index contributed by atoms with van der Waals surface area (Å²) in [4.78, 5) is 14.7. The van der Waals surface area contributed by atoms with E-state index in [-0.39, 0.29) is 11.9 Å². The zero-order valence-corrected chi connectivity index (χ0v) is 12.8. The third-order valence-electron chi connectivity index (χ3n) is 4.24. The number of H-pyrrole nitrogens is 1. The Hall–Kier alpha value is -1.92. The van der Waals surface area contributed by atoms with Crippen molar-refractivity contribution in [3.05, 3.63) is 30.0 Å². The number of methoxy groups -OCH3 is 1. The summed E-state index contributed by atoms with van der Waals surface area (Å²) in [6, 6.07) is 5.86. The molecule has 22 heavy (non-hydrogen) atoms. The van der Waals surface area contributed by atoms with Crippen LogP contribution in [0.4, 0.5) is 0 Å². The lowest BCUT2D eigenvalue weighted by molar-refractivity contribution is 0.0893. The van der Waals surface area contributed by atoms with Gasteiger partial charge in [-0.3, -0.25) is 9.89 Å². The molecule has 0 spiro atoms. The Morgan fingerprint density at radius 1 is 1.45 bits per heavy atom. The average Bonchev–Trinajstić information content (AvgIpc) is 3.01. The first-order valence-corrected chi connectivity index (χ1v) is 7.71. The molecule has 3 rings (SSSR count). The van der Waals surface area contributed by atoms with Crippen LogP contribution in [-0.4, -0.2) is 60.4 Å². The van der Waals surface area contributed by atoms with Crippen molar-refractivity contribution in [2.75, 3.05) is 33.4 Å². The van der Waals surface area contributed by atoms with Crippen molar-refractivity contribution in [3.8, 4) is 0 Å². The largest absolute Gasteiger partial charge is 0.383 e. The maximum atomic E-state index is 12.4. The number of amides is 1. The lowest BCUT2D eigenvalue weighted by Crippen LogP contribution is -2.45. The predicted octanol–water partition coefficient (Wildman–Crippen LogP) is 1.40. The minimum atomic E-state index is -0.00144. The number of rotatable bonds is 5. The van der Waals surface area contributed by atoms with Crippen LogP contribution in [0.25, 0.3) is 10.9 Å². The first-order chi connectivity index (χ1) is 10.8. The van der Waals surface area contributed by atoms with Gasteiger partial charge in [-0.25, -0.2) is 0 Å². The second-order valence-electron chi connectivity index (χ2n) is 5.75. The summed E-state index contributed by atoms with van der Waals surface area (Å²) in [7, 11) is 1.73. The third-order valence-corrected chi connectivity index (χ3v) is 4.24. The van der Waals surface area contributed by atoms with Crippen LogP contribution in [0.3, 0.4) is 0 Å². The van der Waals surface area contributed by atoms with E-state index in [2.05, 4.69) is 20.4 Å². The van der Waals surface area contributed by atoms with E-state index in [9.17, 15) is 4.79 Å². The molecule has 0 saturated carbocycles. The molecule has 0 bridgehead atoms. The Bertz CT molecular complexity index is 632. The predicted molar refractivity (Wildman–Crippen MR) is 84.9 cm³/mol. The van der Waals surface area contributed by atoms with Gasteiger partial charge in [-0.2, -0.15) is 5.10 Å². The van der Waals surface area contributed by atoms with Crippen LogP contribution >= 0.6 is 0 Å². The van der Waals surface area contributed by atoms with E-state index in [0.717, 1.165) is 50.0 Å². The Kier molecular flexibility index (Phi) is 4.70. The number of piperidine rings is 1. The minimum absolute atomic E-state index is 0.00144. The first-order valence-electron chi connectivity index (χ1n) is 7.71. The number of hydrogen-bond donors (Lipinski definition) is 2. The smallest absolute Gasteiger partial charge is 0.251 e. The quantitative estimate of drug-likeness (QED) is 0.876. The number of hydrogen-bond acceptors (Lipinski definition) is 4. The van der Waals surface area contributed by atoms with Gasteiger partial charge in [0.2, 0.25) is 0 Å². The molecule has 0 aliphatic carbocycles. The van der Waals surface area contributed by atoms with Crippen molar-refractivity contribution in [1.82, 2.24) is 20.4 Å². The van der Waals surface area contributed by atoms with E-state index in [4.69, 9.17) is 4.74 Å². The molecule has 2 N–H and O–H groups in total. The van der Waals surface area contributed by atoms with Gasteiger partial charge < -0.3 is 15.0 Å². The molecular formula is C16H22N4O2. The van der Waals surface area contributed by atoms with Crippen LogP contribution in [0.5, 0.6) is 0 Å². The van der Waals surface area contributed by atoms with Gasteiger partial charge >= 0.3 is 0 Å². The van der Waals surface area contributed by atoms with E-state index < -0.39 is 0 Å². The standard InChI is InChI=1S/C16H22N4O2/c1-22-9-8-20-6-4-14(5-7-20)18-16(21)12-2-3-15-13(10-12)11-17-19-15/h2-3,10-11,14H,4-9H2,1H3,(H,17,19)(H,18,21).